The van der Waals surface area contributed by atoms with Gasteiger partial charge in [-0.1, -0.05) is 400 Å². The van der Waals surface area contributed by atoms with E-state index in [-0.39, 0.29) is 0 Å². The number of hydrogen-bond acceptors (Lipinski definition) is 12. The molecule has 26 rings (SSSR count). The highest BCUT2D eigenvalue weighted by atomic mass is 14.9. The average Bonchev–Trinajstić information content (AvgIpc) is 0.780. The lowest BCUT2D eigenvalue weighted by molar-refractivity contribution is 1.17. The lowest BCUT2D eigenvalue weighted by atomic mass is 9.99. The first-order valence-corrected chi connectivity index (χ1v) is 46.8. The van der Waals surface area contributed by atoms with Gasteiger partial charge in [0.25, 0.3) is 0 Å². The topological polar surface area (TPSA) is 155 Å². The Morgan fingerprint density at radius 1 is 0.100 bits per heavy atom. The summed E-state index contributed by atoms with van der Waals surface area (Å²) in [5.74, 6) is 2.03. The minimum atomic E-state index is 0.675. The molecule has 0 aliphatic heterocycles. The highest BCUT2D eigenvalue weighted by Crippen LogP contribution is 2.39. The number of benzene rings is 17. The highest BCUT2D eigenvalue weighted by Gasteiger charge is 2.20. The maximum absolute atomic E-state index is 5.14. The summed E-state index contributed by atoms with van der Waals surface area (Å²) in [6.07, 6.45) is 0. The number of nitrogens with zero attached hydrogens (tertiary/aromatic N) is 12. The maximum atomic E-state index is 5.14. The van der Waals surface area contributed by atoms with Gasteiger partial charge < -0.3 is 0 Å². The molecule has 0 spiro atoms. The van der Waals surface area contributed by atoms with E-state index >= 15 is 0 Å². The van der Waals surface area contributed by atoms with Crippen LogP contribution in [0.4, 0.5) is 0 Å². The van der Waals surface area contributed by atoms with Gasteiger partial charge in [0.1, 0.15) is 0 Å². The van der Waals surface area contributed by atoms with E-state index in [1.807, 2.05) is 200 Å². The number of fused-ring (bicyclic) bond motifs is 8. The molecule has 12 heteroatoms. The van der Waals surface area contributed by atoms with Gasteiger partial charge in [-0.25, -0.2) is 59.8 Å². The Labute approximate surface area is 808 Å². The van der Waals surface area contributed by atoms with Gasteiger partial charge in [0.15, 0.2) is 17.5 Å². The largest absolute Gasteiger partial charge is 0.248 e. The Hall–Kier alpha value is -19.0. The third kappa shape index (κ3) is 17.7. The van der Waals surface area contributed by atoms with E-state index < -0.39 is 0 Å². The summed E-state index contributed by atoms with van der Waals surface area (Å²) >= 11 is 0. The van der Waals surface area contributed by atoms with E-state index in [2.05, 4.69) is 297 Å². The fourth-order valence-electron chi connectivity index (χ4n) is 18.2. The molecule has 0 fully saturated rings. The second kappa shape index (κ2) is 37.4. The van der Waals surface area contributed by atoms with Crippen LogP contribution in [0.3, 0.4) is 0 Å². The molecule has 0 saturated heterocycles. The van der Waals surface area contributed by atoms with Crippen LogP contribution in [0, 0.1) is 0 Å². The fraction of sp³-hybridized carbons (Fsp3) is 0. The molecule has 0 unspecified atom stereocenters. The number of aromatic nitrogens is 12. The van der Waals surface area contributed by atoms with Crippen LogP contribution in [0.1, 0.15) is 0 Å². The first kappa shape index (κ1) is 84.0. The van der Waals surface area contributed by atoms with Crippen LogP contribution in [-0.4, -0.2) is 59.8 Å². The summed E-state index contributed by atoms with van der Waals surface area (Å²) in [6.45, 7) is 0. The number of hydrogen-bond donors (Lipinski definition) is 0. The van der Waals surface area contributed by atoms with Crippen molar-refractivity contribution in [2.24, 2.45) is 0 Å². The molecular weight excluding hydrogens is 1710 g/mol. The SMILES string of the molecule is c1ccc(-c2cc(-c3ccc4ccc(-c5ccc6ccc(-c7ccc8ccccc8c7)nc6c5)cc4n3)nc(-c3ccccc3)n2)cc1.c1ccc(-c2cc(-c3ccc4ccc(-c5ccc6ccc(-c7cccc8ccccc78)nc6c5)cc4n3)nc(-c3ccccc3)n2)cc1.c1ccc(-c2cc(-c3ccc4ccc(-c5ccc6ccc(-c7ccccc7)nc6c5)cc4n3)nc(-c3ccccc3)n2)cc1. The molecular formula is C128H82N12. The van der Waals surface area contributed by atoms with Crippen molar-refractivity contribution in [3.8, 4) is 169 Å². The molecule has 0 bridgehead atoms. The van der Waals surface area contributed by atoms with Crippen LogP contribution >= 0.6 is 0 Å². The maximum Gasteiger partial charge on any atom is 0.160 e. The zero-order chi connectivity index (χ0) is 93.0. The predicted octanol–water partition coefficient (Wildman–Crippen LogP) is 32.0. The van der Waals surface area contributed by atoms with Gasteiger partial charge in [-0.3, -0.25) is 0 Å². The Morgan fingerprint density at radius 3 is 0.671 bits per heavy atom. The van der Waals surface area contributed by atoms with Gasteiger partial charge >= 0.3 is 0 Å². The first-order valence-electron chi connectivity index (χ1n) is 46.8. The van der Waals surface area contributed by atoms with Crippen molar-refractivity contribution in [2.75, 3.05) is 0 Å². The molecule has 0 radical (unpaired) electrons. The molecule has 140 heavy (non-hydrogen) atoms. The van der Waals surface area contributed by atoms with Crippen molar-refractivity contribution in [3.05, 3.63) is 497 Å². The third-order valence-electron chi connectivity index (χ3n) is 25.6. The molecule has 12 nitrogen and oxygen atoms in total. The molecule has 0 N–H and O–H groups in total. The molecule has 9 aromatic heterocycles. The van der Waals surface area contributed by atoms with E-state index in [0.29, 0.717) is 17.5 Å². The third-order valence-corrected chi connectivity index (χ3v) is 25.6. The zero-order valence-electron chi connectivity index (χ0n) is 75.7. The first-order chi connectivity index (χ1) is 69.2. The smallest absolute Gasteiger partial charge is 0.160 e. The summed E-state index contributed by atoms with van der Waals surface area (Å²) < 4.78 is 0. The summed E-state index contributed by atoms with van der Waals surface area (Å²) in [4.78, 5) is 60.3. The van der Waals surface area contributed by atoms with E-state index in [0.717, 1.165) is 217 Å². The summed E-state index contributed by atoms with van der Waals surface area (Å²) in [5.41, 5.74) is 31.8. The van der Waals surface area contributed by atoms with E-state index in [4.69, 9.17) is 59.8 Å². The summed E-state index contributed by atoms with van der Waals surface area (Å²) in [6, 6.07) is 171. The van der Waals surface area contributed by atoms with Crippen LogP contribution in [0.15, 0.2) is 497 Å². The second-order valence-corrected chi connectivity index (χ2v) is 34.7. The van der Waals surface area contributed by atoms with Crippen LogP contribution in [0.5, 0.6) is 0 Å². The van der Waals surface area contributed by atoms with Gasteiger partial charge in [0, 0.05) is 82.4 Å². The molecule has 654 valence electrons. The van der Waals surface area contributed by atoms with Gasteiger partial charge in [0.05, 0.1) is 101 Å². The van der Waals surface area contributed by atoms with Crippen molar-refractivity contribution in [3.63, 3.8) is 0 Å². The van der Waals surface area contributed by atoms with Crippen molar-refractivity contribution < 1.29 is 0 Å². The molecule has 0 aliphatic carbocycles. The Kier molecular flexibility index (Phi) is 22.5. The predicted molar refractivity (Wildman–Crippen MR) is 574 cm³/mol. The van der Waals surface area contributed by atoms with Crippen LogP contribution in [0.25, 0.3) is 256 Å². The average molecular weight is 1790 g/mol. The summed E-state index contributed by atoms with van der Waals surface area (Å²) in [7, 11) is 0. The Bertz CT molecular complexity index is 8990. The van der Waals surface area contributed by atoms with Crippen molar-refractivity contribution in [1.82, 2.24) is 59.8 Å². The van der Waals surface area contributed by atoms with Gasteiger partial charge in [-0.2, -0.15) is 0 Å². The van der Waals surface area contributed by atoms with Crippen molar-refractivity contribution >= 4 is 87.0 Å². The molecule has 17 aromatic carbocycles. The van der Waals surface area contributed by atoms with E-state index in [9.17, 15) is 0 Å². The number of rotatable bonds is 15. The zero-order valence-corrected chi connectivity index (χ0v) is 75.7. The molecule has 0 atom stereocenters. The molecule has 9 heterocycles. The Balaban J connectivity index is 0.000000114. The lowest BCUT2D eigenvalue weighted by Gasteiger charge is -2.11. The summed E-state index contributed by atoms with van der Waals surface area (Å²) in [5, 5.41) is 11.4. The van der Waals surface area contributed by atoms with Crippen LogP contribution < -0.4 is 0 Å². The van der Waals surface area contributed by atoms with Crippen molar-refractivity contribution in [2.45, 2.75) is 0 Å². The highest BCUT2D eigenvalue weighted by molar-refractivity contribution is 6.00. The molecule has 0 aliphatic rings. The standard InChI is InChI=1S/2C44H28N4.C40H26N4/c1-3-11-30(12-4-1)42-28-43(48-44(47-42)33-13-5-2-6-14-33)39-25-23-32-19-21-35(27-41(32)46-39)34-20-18-31-22-24-38(45-40(31)26-34)37-17-9-15-29-10-7-8-16-36(29)37;1-3-10-30(11-4-1)42-28-43(48-44(47-42)33-12-5-2-6-13-33)39-24-22-32-17-19-36(27-41(32)46-39)35-18-16-31-21-23-38(45-40(31)26-35)37-20-15-29-9-7-8-14-34(29)25-37;1-4-10-27(11-5-1)34-22-20-29-16-18-32(24-36(29)41-34)33-19-17-30-21-23-35(42-37(30)25-33)39-26-38(28-12-6-2-7-13-28)43-40(44-39)31-14-8-3-9-15-31/h2*1-28H;1-26H. The minimum absolute atomic E-state index is 0.675. The number of pyridine rings is 6. The van der Waals surface area contributed by atoms with E-state index in [1.165, 1.54) is 21.5 Å². The second-order valence-electron chi connectivity index (χ2n) is 34.7. The normalized spacial score (nSPS) is 11.3. The minimum Gasteiger partial charge on any atom is -0.248 e. The van der Waals surface area contributed by atoms with E-state index in [1.54, 1.807) is 0 Å². The monoisotopic (exact) mass is 1790 g/mol. The fourth-order valence-corrected chi connectivity index (χ4v) is 18.2. The van der Waals surface area contributed by atoms with Crippen LogP contribution in [0.2, 0.25) is 0 Å². The van der Waals surface area contributed by atoms with Gasteiger partial charge in [-0.15, -0.1) is 0 Å². The molecule has 0 amide bonds. The quantitative estimate of drug-likeness (QED) is 0.0959. The molecule has 26 aromatic rings. The molecule has 0 saturated carbocycles. The lowest BCUT2D eigenvalue weighted by Crippen LogP contribution is -1.97. The van der Waals surface area contributed by atoms with Gasteiger partial charge in [-0.05, 0) is 152 Å². The van der Waals surface area contributed by atoms with Crippen LogP contribution in [-0.2, 0) is 0 Å². The van der Waals surface area contributed by atoms with Gasteiger partial charge in [0.2, 0.25) is 0 Å². The Morgan fingerprint density at radius 2 is 0.329 bits per heavy atom. The van der Waals surface area contributed by atoms with Crippen molar-refractivity contribution in [1.29, 1.82) is 0 Å².